The van der Waals surface area contributed by atoms with Gasteiger partial charge in [-0.05, 0) is 35.0 Å². The van der Waals surface area contributed by atoms with Crippen LogP contribution in [-0.2, 0) is 16.1 Å². The normalized spacial score (nSPS) is 10.6. The molecule has 3 rings (SSSR count). The Labute approximate surface area is 139 Å². The maximum atomic E-state index is 11.8. The van der Waals surface area contributed by atoms with Crippen LogP contribution in [0, 0.1) is 0 Å². The van der Waals surface area contributed by atoms with Gasteiger partial charge >= 0.3 is 5.97 Å². The Morgan fingerprint density at radius 1 is 1.12 bits per heavy atom. The molecule has 0 bridgehead atoms. The van der Waals surface area contributed by atoms with E-state index >= 15 is 0 Å². The molecule has 0 N–H and O–H groups in total. The van der Waals surface area contributed by atoms with Gasteiger partial charge in [-0.15, -0.1) is 0 Å². The van der Waals surface area contributed by atoms with Gasteiger partial charge in [-0.1, -0.05) is 12.1 Å². The topological polar surface area (TPSA) is 70.5 Å². The summed E-state index contributed by atoms with van der Waals surface area (Å²) in [5.74, 6) is 1.23. The number of rotatable bonds is 5. The van der Waals surface area contributed by atoms with E-state index in [-0.39, 0.29) is 5.97 Å². The average molecular weight is 324 g/mol. The highest BCUT2D eigenvalue weighted by Gasteiger charge is 2.11. The first kappa shape index (κ1) is 15.9. The molecule has 0 atom stereocenters. The van der Waals surface area contributed by atoms with Gasteiger partial charge in [0.1, 0.15) is 12.4 Å². The summed E-state index contributed by atoms with van der Waals surface area (Å²) in [7, 11) is 2.95. The van der Waals surface area contributed by atoms with Crippen LogP contribution < -0.4 is 4.74 Å². The van der Waals surface area contributed by atoms with E-state index in [0.29, 0.717) is 29.6 Å². The van der Waals surface area contributed by atoms with Crippen molar-refractivity contribution in [2.45, 2.75) is 6.61 Å². The van der Waals surface area contributed by atoms with Crippen LogP contribution in [0.25, 0.3) is 10.8 Å². The first-order valence-electron chi connectivity index (χ1n) is 7.31. The lowest BCUT2D eigenvalue weighted by molar-refractivity contribution is 0.0603. The zero-order valence-electron chi connectivity index (χ0n) is 13.4. The summed E-state index contributed by atoms with van der Waals surface area (Å²) in [5.41, 5.74) is 0.519. The second-order valence-electron chi connectivity index (χ2n) is 5.03. The highest BCUT2D eigenvalue weighted by molar-refractivity contribution is 6.04. The number of carbonyl (C=O) groups is 1. The molecule has 6 heteroatoms. The van der Waals surface area contributed by atoms with E-state index < -0.39 is 0 Å². The summed E-state index contributed by atoms with van der Waals surface area (Å²) >= 11 is 0. The minimum Gasteiger partial charge on any atom is -0.465 e. The molecule has 0 saturated carbocycles. The van der Waals surface area contributed by atoms with Gasteiger partial charge in [0.15, 0.2) is 5.82 Å². The number of carbonyl (C=O) groups excluding carboxylic acids is 1. The van der Waals surface area contributed by atoms with Crippen molar-refractivity contribution in [2.75, 3.05) is 14.2 Å². The van der Waals surface area contributed by atoms with E-state index in [1.54, 1.807) is 37.6 Å². The zero-order chi connectivity index (χ0) is 16.9. The summed E-state index contributed by atoms with van der Waals surface area (Å²) in [6, 6.07) is 12.6. The van der Waals surface area contributed by atoms with Crippen molar-refractivity contribution in [2.24, 2.45) is 0 Å². The fourth-order valence-corrected chi connectivity index (χ4v) is 2.37. The zero-order valence-corrected chi connectivity index (χ0v) is 13.4. The second-order valence-corrected chi connectivity index (χ2v) is 5.03. The summed E-state index contributed by atoms with van der Waals surface area (Å²) < 4.78 is 15.6. The summed E-state index contributed by atoms with van der Waals surface area (Å²) in [6.07, 6.45) is 1.62. The quantitative estimate of drug-likeness (QED) is 0.670. The van der Waals surface area contributed by atoms with Gasteiger partial charge in [-0.2, -0.15) is 4.98 Å². The molecule has 2 aromatic carbocycles. The van der Waals surface area contributed by atoms with Crippen LogP contribution >= 0.6 is 0 Å². The first-order chi connectivity index (χ1) is 11.7. The Bertz CT molecular complexity index is 880. The standard InChI is InChI=1S/C18H16N2O4/c1-22-11-16-19-9-8-17(20-16)24-13-6-7-14-12(10-13)4-3-5-15(14)18(21)23-2/h3-10H,11H2,1-2H3. The predicted molar refractivity (Wildman–Crippen MR) is 88.1 cm³/mol. The van der Waals surface area contributed by atoms with Gasteiger partial charge < -0.3 is 14.2 Å². The van der Waals surface area contributed by atoms with Crippen molar-refractivity contribution in [3.8, 4) is 11.6 Å². The molecule has 0 unspecified atom stereocenters. The van der Waals surface area contributed by atoms with E-state index in [9.17, 15) is 4.79 Å². The molecule has 0 radical (unpaired) electrons. The predicted octanol–water partition coefficient (Wildman–Crippen LogP) is 3.36. The smallest absolute Gasteiger partial charge is 0.338 e. The van der Waals surface area contributed by atoms with Crippen LogP contribution in [0.3, 0.4) is 0 Å². The number of hydrogen-bond acceptors (Lipinski definition) is 6. The van der Waals surface area contributed by atoms with Crippen LogP contribution in [0.4, 0.5) is 0 Å². The molecule has 1 heterocycles. The molecule has 0 amide bonds. The Hall–Kier alpha value is -2.99. The van der Waals surface area contributed by atoms with Gasteiger partial charge in [0.25, 0.3) is 0 Å². The number of esters is 1. The van der Waals surface area contributed by atoms with E-state index in [4.69, 9.17) is 14.2 Å². The van der Waals surface area contributed by atoms with Crippen molar-refractivity contribution in [1.82, 2.24) is 9.97 Å². The summed E-state index contributed by atoms with van der Waals surface area (Å²) in [6.45, 7) is 0.317. The van der Waals surface area contributed by atoms with Gasteiger partial charge in [0.05, 0.1) is 12.7 Å². The molecule has 0 aliphatic heterocycles. The number of aromatic nitrogens is 2. The van der Waals surface area contributed by atoms with E-state index in [1.807, 2.05) is 18.2 Å². The maximum absolute atomic E-state index is 11.8. The molecule has 6 nitrogen and oxygen atoms in total. The van der Waals surface area contributed by atoms with Gasteiger partial charge in [-0.25, -0.2) is 9.78 Å². The molecule has 3 aromatic rings. The summed E-state index contributed by atoms with van der Waals surface area (Å²) in [4.78, 5) is 20.2. The van der Waals surface area contributed by atoms with Gasteiger partial charge in [0.2, 0.25) is 5.88 Å². The third-order valence-corrected chi connectivity index (χ3v) is 3.43. The lowest BCUT2D eigenvalue weighted by Crippen LogP contribution is -2.01. The molecule has 0 aliphatic carbocycles. The van der Waals surface area contributed by atoms with E-state index in [1.165, 1.54) is 7.11 Å². The van der Waals surface area contributed by atoms with Crippen molar-refractivity contribution < 1.29 is 19.0 Å². The Morgan fingerprint density at radius 2 is 2.00 bits per heavy atom. The highest BCUT2D eigenvalue weighted by atomic mass is 16.5. The number of nitrogens with zero attached hydrogens (tertiary/aromatic N) is 2. The lowest BCUT2D eigenvalue weighted by atomic mass is 10.0. The number of fused-ring (bicyclic) bond motifs is 1. The van der Waals surface area contributed by atoms with E-state index in [0.717, 1.165) is 10.8 Å². The molecular weight excluding hydrogens is 308 g/mol. The van der Waals surface area contributed by atoms with Crippen molar-refractivity contribution in [3.05, 3.63) is 60.0 Å². The first-order valence-corrected chi connectivity index (χ1v) is 7.31. The second kappa shape index (κ2) is 7.06. The fraction of sp³-hybridized carbons (Fsp3) is 0.167. The maximum Gasteiger partial charge on any atom is 0.338 e. The lowest BCUT2D eigenvalue weighted by Gasteiger charge is -2.09. The van der Waals surface area contributed by atoms with Crippen molar-refractivity contribution in [1.29, 1.82) is 0 Å². The Morgan fingerprint density at radius 3 is 2.79 bits per heavy atom. The van der Waals surface area contributed by atoms with Crippen molar-refractivity contribution >= 4 is 16.7 Å². The Kier molecular flexibility index (Phi) is 4.67. The molecule has 122 valence electrons. The largest absolute Gasteiger partial charge is 0.465 e. The number of methoxy groups -OCH3 is 2. The average Bonchev–Trinajstić information content (AvgIpc) is 2.61. The van der Waals surface area contributed by atoms with Crippen molar-refractivity contribution in [3.63, 3.8) is 0 Å². The van der Waals surface area contributed by atoms with E-state index in [2.05, 4.69) is 9.97 Å². The molecule has 0 fully saturated rings. The number of benzene rings is 2. The third-order valence-electron chi connectivity index (χ3n) is 3.43. The number of hydrogen-bond donors (Lipinski definition) is 0. The monoisotopic (exact) mass is 324 g/mol. The van der Waals surface area contributed by atoms with Crippen LogP contribution in [0.15, 0.2) is 48.7 Å². The molecule has 24 heavy (non-hydrogen) atoms. The molecule has 1 aromatic heterocycles. The summed E-state index contributed by atoms with van der Waals surface area (Å²) in [5, 5.41) is 1.68. The number of ether oxygens (including phenoxy) is 3. The molecule has 0 saturated heterocycles. The van der Waals surface area contributed by atoms with Crippen LogP contribution in [0.1, 0.15) is 16.2 Å². The third kappa shape index (κ3) is 3.33. The minimum atomic E-state index is -0.366. The van der Waals surface area contributed by atoms with Crippen LogP contribution in [0.2, 0.25) is 0 Å². The molecular formula is C18H16N2O4. The van der Waals surface area contributed by atoms with Gasteiger partial charge in [-0.3, -0.25) is 0 Å². The Balaban J connectivity index is 1.91. The van der Waals surface area contributed by atoms with Crippen LogP contribution in [-0.4, -0.2) is 30.2 Å². The van der Waals surface area contributed by atoms with Crippen LogP contribution in [0.5, 0.6) is 11.6 Å². The van der Waals surface area contributed by atoms with Gasteiger partial charge in [0, 0.05) is 19.4 Å². The molecule has 0 aliphatic rings. The molecule has 0 spiro atoms. The highest BCUT2D eigenvalue weighted by Crippen LogP contribution is 2.27. The SMILES string of the molecule is COCc1nccc(Oc2ccc3c(C(=O)OC)cccc3c2)n1. The minimum absolute atomic E-state index is 0.317. The fourth-order valence-electron chi connectivity index (χ4n) is 2.37.